The van der Waals surface area contributed by atoms with Crippen molar-refractivity contribution in [1.82, 2.24) is 24.2 Å². The van der Waals surface area contributed by atoms with Crippen LogP contribution in [0.3, 0.4) is 0 Å². The predicted molar refractivity (Wildman–Crippen MR) is 128 cm³/mol. The van der Waals surface area contributed by atoms with Gasteiger partial charge < -0.3 is 4.90 Å². The van der Waals surface area contributed by atoms with E-state index >= 15 is 0 Å². The molecule has 8 nitrogen and oxygen atoms in total. The molecule has 3 heterocycles. The van der Waals surface area contributed by atoms with Gasteiger partial charge in [-0.15, -0.1) is 10.2 Å². The summed E-state index contributed by atoms with van der Waals surface area (Å²) in [5.74, 6) is 0.725. The number of hydrogen-bond acceptors (Lipinski definition) is 5. The summed E-state index contributed by atoms with van der Waals surface area (Å²) in [4.78, 5) is 15.2. The van der Waals surface area contributed by atoms with E-state index in [0.717, 1.165) is 29.9 Å². The third-order valence-corrected chi connectivity index (χ3v) is 7.51. The number of nitrogens with one attached hydrogen (secondary N) is 1. The third kappa shape index (κ3) is 4.57. The number of sulfonamides is 1. The number of aromatic nitrogens is 3. The highest BCUT2D eigenvalue weighted by Gasteiger charge is 2.29. The van der Waals surface area contributed by atoms with E-state index < -0.39 is 10.0 Å². The number of carbonyl (C=O) groups excluding carboxylic acids is 1. The number of piperidine rings is 1. The first-order chi connectivity index (χ1) is 16.5. The molecule has 5 rings (SSSR count). The van der Waals surface area contributed by atoms with Crippen LogP contribution in [0, 0.1) is 0 Å². The van der Waals surface area contributed by atoms with Crippen LogP contribution in [0.5, 0.6) is 0 Å². The smallest absolute Gasteiger partial charge is 0.253 e. The van der Waals surface area contributed by atoms with Crippen LogP contribution in [-0.4, -0.2) is 46.9 Å². The van der Waals surface area contributed by atoms with Crippen molar-refractivity contribution in [2.75, 3.05) is 13.1 Å². The molecule has 0 radical (unpaired) electrons. The van der Waals surface area contributed by atoms with E-state index in [4.69, 9.17) is 0 Å². The molecule has 2 aromatic carbocycles. The molecular weight excluding hydrogens is 450 g/mol. The number of carbonyl (C=O) groups is 1. The van der Waals surface area contributed by atoms with E-state index in [1.54, 1.807) is 17.0 Å². The molecule has 1 N–H and O–H groups in total. The Hall–Kier alpha value is -3.56. The zero-order valence-corrected chi connectivity index (χ0v) is 19.4. The van der Waals surface area contributed by atoms with Crippen molar-refractivity contribution >= 4 is 21.6 Å². The molecule has 0 saturated carbocycles. The van der Waals surface area contributed by atoms with Gasteiger partial charge in [0.2, 0.25) is 10.0 Å². The average molecular weight is 476 g/mol. The lowest BCUT2D eigenvalue weighted by Gasteiger charge is -2.32. The highest BCUT2D eigenvalue weighted by Crippen LogP contribution is 2.27. The van der Waals surface area contributed by atoms with Crippen molar-refractivity contribution in [3.05, 3.63) is 95.9 Å². The first-order valence-corrected chi connectivity index (χ1v) is 12.7. The Morgan fingerprint density at radius 2 is 1.82 bits per heavy atom. The van der Waals surface area contributed by atoms with Crippen molar-refractivity contribution in [1.29, 1.82) is 0 Å². The Morgan fingerprint density at radius 3 is 2.68 bits per heavy atom. The standard InChI is InChI=1S/C25H25N5O3S/c31-25(29-14-7-11-21(18-29)24-28-27-23-13-4-5-15-30(23)24)20-10-6-12-22(16-20)34(32,33)26-17-19-8-2-1-3-9-19/h1-6,8-10,12-13,15-16,21,26H,7,11,14,17-18H2. The van der Waals surface area contributed by atoms with Gasteiger partial charge in [-0.05, 0) is 48.7 Å². The maximum atomic E-state index is 13.3. The molecular formula is C25H25N5O3S. The van der Waals surface area contributed by atoms with Crippen LogP contribution in [-0.2, 0) is 16.6 Å². The molecule has 9 heteroatoms. The first-order valence-electron chi connectivity index (χ1n) is 11.2. The lowest BCUT2D eigenvalue weighted by Crippen LogP contribution is -2.39. The van der Waals surface area contributed by atoms with Gasteiger partial charge in [0.1, 0.15) is 5.82 Å². The summed E-state index contributed by atoms with van der Waals surface area (Å²) in [6.07, 6.45) is 3.69. The van der Waals surface area contributed by atoms with Gasteiger partial charge in [-0.2, -0.15) is 0 Å². The Labute approximate surface area is 198 Å². The van der Waals surface area contributed by atoms with Gasteiger partial charge in [-0.3, -0.25) is 9.20 Å². The maximum Gasteiger partial charge on any atom is 0.253 e. The molecule has 1 aliphatic heterocycles. The van der Waals surface area contributed by atoms with E-state index in [-0.39, 0.29) is 23.3 Å². The van der Waals surface area contributed by atoms with Crippen LogP contribution >= 0.6 is 0 Å². The number of amides is 1. The number of fused-ring (bicyclic) bond motifs is 1. The topological polar surface area (TPSA) is 96.7 Å². The van der Waals surface area contributed by atoms with E-state index in [9.17, 15) is 13.2 Å². The number of rotatable bonds is 6. The van der Waals surface area contributed by atoms with Crippen LogP contribution < -0.4 is 4.72 Å². The van der Waals surface area contributed by atoms with Crippen molar-refractivity contribution in [3.63, 3.8) is 0 Å². The van der Waals surface area contributed by atoms with Crippen molar-refractivity contribution < 1.29 is 13.2 Å². The van der Waals surface area contributed by atoms with Crippen LogP contribution in [0.25, 0.3) is 5.65 Å². The molecule has 2 aromatic heterocycles. The predicted octanol–water partition coefficient (Wildman–Crippen LogP) is 3.23. The first kappa shape index (κ1) is 22.2. The monoisotopic (exact) mass is 475 g/mol. The van der Waals surface area contributed by atoms with Crippen LogP contribution in [0.1, 0.15) is 40.5 Å². The normalized spacial score (nSPS) is 16.6. The molecule has 0 spiro atoms. The van der Waals surface area contributed by atoms with Gasteiger partial charge in [-0.1, -0.05) is 42.5 Å². The summed E-state index contributed by atoms with van der Waals surface area (Å²) in [6.45, 7) is 1.31. The molecule has 1 amide bonds. The second-order valence-corrected chi connectivity index (χ2v) is 10.2. The number of hydrogen-bond donors (Lipinski definition) is 1. The summed E-state index contributed by atoms with van der Waals surface area (Å²) < 4.78 is 30.2. The second-order valence-electron chi connectivity index (χ2n) is 8.42. The fourth-order valence-corrected chi connectivity index (χ4v) is 5.41. The highest BCUT2D eigenvalue weighted by molar-refractivity contribution is 7.89. The van der Waals surface area contributed by atoms with Gasteiger partial charge in [0.15, 0.2) is 5.65 Å². The molecule has 0 bridgehead atoms. The molecule has 1 saturated heterocycles. The molecule has 174 valence electrons. The average Bonchev–Trinajstić information content (AvgIpc) is 3.32. The zero-order chi connectivity index (χ0) is 23.5. The zero-order valence-electron chi connectivity index (χ0n) is 18.5. The Morgan fingerprint density at radius 1 is 1.00 bits per heavy atom. The van der Waals surface area contributed by atoms with Crippen LogP contribution in [0.2, 0.25) is 0 Å². The Kier molecular flexibility index (Phi) is 6.12. The summed E-state index contributed by atoms with van der Waals surface area (Å²) in [5, 5.41) is 8.60. The lowest BCUT2D eigenvalue weighted by molar-refractivity contribution is 0.0704. The number of nitrogens with zero attached hydrogens (tertiary/aromatic N) is 4. The second kappa shape index (κ2) is 9.36. The highest BCUT2D eigenvalue weighted by atomic mass is 32.2. The van der Waals surface area contributed by atoms with Crippen molar-refractivity contribution in [3.8, 4) is 0 Å². The number of benzene rings is 2. The minimum atomic E-state index is -3.76. The minimum absolute atomic E-state index is 0.0644. The summed E-state index contributed by atoms with van der Waals surface area (Å²) in [5.41, 5.74) is 2.00. The van der Waals surface area contributed by atoms with Crippen LogP contribution in [0.4, 0.5) is 0 Å². The van der Waals surface area contributed by atoms with Gasteiger partial charge >= 0.3 is 0 Å². The van der Waals surface area contributed by atoms with Gasteiger partial charge in [0.05, 0.1) is 4.90 Å². The number of likely N-dealkylation sites (tertiary alicyclic amines) is 1. The van der Waals surface area contributed by atoms with Crippen molar-refractivity contribution in [2.45, 2.75) is 30.2 Å². The van der Waals surface area contributed by atoms with E-state index in [2.05, 4.69) is 14.9 Å². The molecule has 1 fully saturated rings. The quantitative estimate of drug-likeness (QED) is 0.462. The largest absolute Gasteiger partial charge is 0.338 e. The van der Waals surface area contributed by atoms with Crippen molar-refractivity contribution in [2.24, 2.45) is 0 Å². The summed E-state index contributed by atoms with van der Waals surface area (Å²) in [6, 6.07) is 21.3. The van der Waals surface area contributed by atoms with E-state index in [1.807, 2.05) is 59.1 Å². The third-order valence-electron chi connectivity index (χ3n) is 6.11. The molecule has 34 heavy (non-hydrogen) atoms. The van der Waals surface area contributed by atoms with Crippen LogP contribution in [0.15, 0.2) is 83.9 Å². The summed E-state index contributed by atoms with van der Waals surface area (Å²) in [7, 11) is -3.76. The van der Waals surface area contributed by atoms with E-state index in [0.29, 0.717) is 18.7 Å². The summed E-state index contributed by atoms with van der Waals surface area (Å²) >= 11 is 0. The fraction of sp³-hybridized carbons (Fsp3) is 0.240. The molecule has 4 aromatic rings. The number of pyridine rings is 1. The minimum Gasteiger partial charge on any atom is -0.338 e. The van der Waals surface area contributed by atoms with Gasteiger partial charge in [0, 0.05) is 37.3 Å². The molecule has 0 aliphatic carbocycles. The van der Waals surface area contributed by atoms with E-state index in [1.165, 1.54) is 12.1 Å². The fourth-order valence-electron chi connectivity index (χ4n) is 4.35. The Balaban J connectivity index is 1.32. The lowest BCUT2D eigenvalue weighted by atomic mass is 9.96. The van der Waals surface area contributed by atoms with Gasteiger partial charge in [0.25, 0.3) is 5.91 Å². The Bertz CT molecular complexity index is 1420. The SMILES string of the molecule is O=C(c1cccc(S(=O)(=O)NCc2ccccc2)c1)N1CCCC(c2nnc3ccccn23)C1. The van der Waals surface area contributed by atoms with Gasteiger partial charge in [-0.25, -0.2) is 13.1 Å². The molecule has 1 aliphatic rings. The maximum absolute atomic E-state index is 13.3. The molecule has 1 unspecified atom stereocenters. The molecule has 1 atom stereocenters.